The van der Waals surface area contributed by atoms with Crippen molar-refractivity contribution in [2.24, 2.45) is 0 Å². The van der Waals surface area contributed by atoms with Gasteiger partial charge in [-0.15, -0.1) is 0 Å². The fraction of sp³-hybridized carbons (Fsp3) is 0.925. The molecule has 3 unspecified atom stereocenters. The Morgan fingerprint density at radius 3 is 1.01 bits per heavy atom. The second-order valence-corrected chi connectivity index (χ2v) is 26.0. The van der Waals surface area contributed by atoms with E-state index >= 15 is 0 Å². The number of likely N-dealkylation sites (N-methyl/N-ethyl adjacent to an activating group) is 1. The molecule has 0 aromatic carbocycles. The summed E-state index contributed by atoms with van der Waals surface area (Å²) in [5.41, 5.74) is 0. The first-order chi connectivity index (χ1) is 37.0. The van der Waals surface area contributed by atoms with Crippen molar-refractivity contribution in [3.8, 4) is 0 Å². The number of carbonyl (C=O) groups excluding carboxylic acids is 1. The Kier molecular flexibility index (Phi) is 57.8. The summed E-state index contributed by atoms with van der Waals surface area (Å²) in [6.07, 6.45) is 76.0. The van der Waals surface area contributed by atoms with Gasteiger partial charge < -0.3 is 19.8 Å². The van der Waals surface area contributed by atoms with Crippen molar-refractivity contribution >= 4 is 13.7 Å². The van der Waals surface area contributed by atoms with Gasteiger partial charge in [-0.3, -0.25) is 13.8 Å². The summed E-state index contributed by atoms with van der Waals surface area (Å²) in [7, 11) is 1.59. The van der Waals surface area contributed by atoms with Crippen LogP contribution in [0.5, 0.6) is 0 Å². The lowest BCUT2D eigenvalue weighted by atomic mass is 10.0. The lowest BCUT2D eigenvalue weighted by Crippen LogP contribution is -2.45. The van der Waals surface area contributed by atoms with Gasteiger partial charge in [-0.05, 0) is 44.9 Å². The van der Waals surface area contributed by atoms with Crippen LogP contribution < -0.4 is 5.32 Å². The molecule has 1 amide bonds. The first-order valence-corrected chi connectivity index (χ1v) is 35.2. The van der Waals surface area contributed by atoms with Gasteiger partial charge in [0, 0.05) is 6.42 Å². The largest absolute Gasteiger partial charge is 0.472 e. The molecular formula is C67H134N2O6P+. The minimum atomic E-state index is -4.35. The molecule has 0 aromatic heterocycles. The van der Waals surface area contributed by atoms with E-state index in [4.69, 9.17) is 9.05 Å². The summed E-state index contributed by atoms with van der Waals surface area (Å²) >= 11 is 0. The number of phosphoric acid groups is 1. The quantitative estimate of drug-likeness (QED) is 0.0243. The molecule has 0 aliphatic rings. The molecular weight excluding hydrogens is 960 g/mol. The number of carbonyl (C=O) groups is 1. The second-order valence-electron chi connectivity index (χ2n) is 24.6. The molecule has 0 aliphatic carbocycles. The third-order valence-electron chi connectivity index (χ3n) is 15.7. The Labute approximate surface area is 474 Å². The highest BCUT2D eigenvalue weighted by molar-refractivity contribution is 7.47. The molecule has 8 nitrogen and oxygen atoms in total. The normalized spacial score (nSPS) is 13.8. The minimum absolute atomic E-state index is 0.0642. The van der Waals surface area contributed by atoms with Gasteiger partial charge in [0.05, 0.1) is 39.9 Å². The van der Waals surface area contributed by atoms with E-state index in [0.717, 1.165) is 32.1 Å². The van der Waals surface area contributed by atoms with Crippen LogP contribution in [0.25, 0.3) is 0 Å². The third kappa shape index (κ3) is 60.6. The summed E-state index contributed by atoms with van der Waals surface area (Å²) < 4.78 is 23.8. The summed E-state index contributed by atoms with van der Waals surface area (Å²) in [5.74, 6) is -0.169. The Hall–Kier alpha value is -1.02. The van der Waals surface area contributed by atoms with Crippen LogP contribution in [0.1, 0.15) is 348 Å². The average Bonchev–Trinajstić information content (AvgIpc) is 3.38. The molecule has 0 fully saturated rings. The first-order valence-electron chi connectivity index (χ1n) is 33.7. The lowest BCUT2D eigenvalue weighted by molar-refractivity contribution is -0.870. The number of nitrogens with one attached hydrogen (secondary N) is 1. The molecule has 0 aromatic rings. The predicted molar refractivity (Wildman–Crippen MR) is 332 cm³/mol. The van der Waals surface area contributed by atoms with Crippen molar-refractivity contribution < 1.29 is 32.9 Å². The monoisotopic (exact) mass is 1090 g/mol. The van der Waals surface area contributed by atoms with Crippen molar-refractivity contribution in [2.45, 2.75) is 360 Å². The zero-order chi connectivity index (χ0) is 55.6. The van der Waals surface area contributed by atoms with Crippen molar-refractivity contribution in [2.75, 3.05) is 40.9 Å². The van der Waals surface area contributed by atoms with Crippen LogP contribution in [0, 0.1) is 0 Å². The van der Waals surface area contributed by atoms with Gasteiger partial charge in [-0.25, -0.2) is 4.57 Å². The van der Waals surface area contributed by atoms with Crippen molar-refractivity contribution in [3.05, 3.63) is 24.3 Å². The SMILES string of the molecule is CCCCCCCCCCCCCC/C=C\CCCCCCCCCCCCCCCCCCCC(=O)NC(COP(=O)(O)OCC[N+](C)(C)C)C(O)/C=C/CCCCCCCCCCCCCCCCCCCCC. The van der Waals surface area contributed by atoms with E-state index in [1.54, 1.807) is 6.08 Å². The van der Waals surface area contributed by atoms with Crippen LogP contribution in [-0.4, -0.2) is 73.4 Å². The lowest BCUT2D eigenvalue weighted by Gasteiger charge is -2.25. The number of hydrogen-bond acceptors (Lipinski definition) is 5. The molecule has 0 spiro atoms. The fourth-order valence-corrected chi connectivity index (χ4v) is 11.1. The number of amides is 1. The number of aliphatic hydroxyl groups excluding tert-OH is 1. The Morgan fingerprint density at radius 2 is 0.711 bits per heavy atom. The summed E-state index contributed by atoms with van der Waals surface area (Å²) in [6.45, 7) is 4.88. The van der Waals surface area contributed by atoms with E-state index in [9.17, 15) is 19.4 Å². The van der Waals surface area contributed by atoms with E-state index in [1.165, 1.54) is 295 Å². The van der Waals surface area contributed by atoms with Crippen LogP contribution in [0.3, 0.4) is 0 Å². The van der Waals surface area contributed by atoms with E-state index in [2.05, 4.69) is 31.3 Å². The smallest absolute Gasteiger partial charge is 0.387 e. The number of rotatable bonds is 63. The Balaban J connectivity index is 4.02. The standard InChI is InChI=1S/C67H133N2O6P/c1-6-8-10-12-14-16-18-20-22-24-26-28-29-30-31-32-33-34-35-36-37-38-39-41-43-45-47-49-51-53-55-57-59-61-67(71)68-65(64-75-76(72,73)74-63-62-69(3,4)5)66(70)60-58-56-54-52-50-48-46-44-42-40-27-25-23-21-19-17-15-13-11-9-7-2/h30-31,58,60,65-66,70H,6-29,32-57,59,61-64H2,1-5H3,(H-,68,71,72,73)/p+1/b31-30-,60-58+. The summed E-state index contributed by atoms with van der Waals surface area (Å²) in [5, 5.41) is 14.0. The number of aliphatic hydroxyl groups is 1. The molecule has 3 atom stereocenters. The highest BCUT2D eigenvalue weighted by Crippen LogP contribution is 2.43. The van der Waals surface area contributed by atoms with Gasteiger partial charge in [0.1, 0.15) is 13.2 Å². The number of nitrogens with zero attached hydrogens (tertiary/aromatic N) is 1. The van der Waals surface area contributed by atoms with Gasteiger partial charge in [-0.2, -0.15) is 0 Å². The first kappa shape index (κ1) is 75.0. The summed E-state index contributed by atoms with van der Waals surface area (Å²) in [6, 6.07) is -0.845. The highest BCUT2D eigenvalue weighted by atomic mass is 31.2. The Bertz CT molecular complexity index is 1290. The predicted octanol–water partition coefficient (Wildman–Crippen LogP) is 21.1. The Morgan fingerprint density at radius 1 is 0.434 bits per heavy atom. The topological polar surface area (TPSA) is 105 Å². The van der Waals surface area contributed by atoms with Crippen LogP contribution in [0.4, 0.5) is 0 Å². The zero-order valence-corrected chi connectivity index (χ0v) is 52.7. The van der Waals surface area contributed by atoms with Gasteiger partial charge in [0.15, 0.2) is 0 Å². The van der Waals surface area contributed by atoms with Crippen LogP contribution in [-0.2, 0) is 18.4 Å². The van der Waals surface area contributed by atoms with Gasteiger partial charge in [0.2, 0.25) is 5.91 Å². The molecule has 0 saturated carbocycles. The van der Waals surface area contributed by atoms with Crippen LogP contribution in [0.2, 0.25) is 0 Å². The molecule has 0 aliphatic heterocycles. The number of hydrogen-bond donors (Lipinski definition) is 3. The van der Waals surface area contributed by atoms with Crippen molar-refractivity contribution in [1.82, 2.24) is 5.32 Å². The maximum atomic E-state index is 13.0. The average molecular weight is 1090 g/mol. The molecule has 452 valence electrons. The number of quaternary nitrogens is 1. The number of phosphoric ester groups is 1. The highest BCUT2D eigenvalue weighted by Gasteiger charge is 2.28. The number of unbranched alkanes of at least 4 members (excludes halogenated alkanes) is 48. The van der Waals surface area contributed by atoms with Gasteiger partial charge in [-0.1, -0.05) is 321 Å². The van der Waals surface area contributed by atoms with Crippen LogP contribution >= 0.6 is 7.82 Å². The fourth-order valence-electron chi connectivity index (χ4n) is 10.4. The van der Waals surface area contributed by atoms with Gasteiger partial charge in [0.25, 0.3) is 0 Å². The zero-order valence-electron chi connectivity index (χ0n) is 51.8. The van der Waals surface area contributed by atoms with Crippen molar-refractivity contribution in [1.29, 1.82) is 0 Å². The second kappa shape index (κ2) is 58.6. The number of allylic oxidation sites excluding steroid dienone is 3. The van der Waals surface area contributed by atoms with Crippen LogP contribution in [0.15, 0.2) is 24.3 Å². The van der Waals surface area contributed by atoms with E-state index in [1.807, 2.05) is 27.2 Å². The molecule has 9 heteroatoms. The molecule has 0 bridgehead atoms. The minimum Gasteiger partial charge on any atom is -0.387 e. The molecule has 76 heavy (non-hydrogen) atoms. The van der Waals surface area contributed by atoms with Crippen molar-refractivity contribution in [3.63, 3.8) is 0 Å². The van der Waals surface area contributed by atoms with E-state index < -0.39 is 20.0 Å². The molecule has 0 heterocycles. The maximum Gasteiger partial charge on any atom is 0.472 e. The third-order valence-corrected chi connectivity index (χ3v) is 16.6. The van der Waals surface area contributed by atoms with E-state index in [0.29, 0.717) is 17.4 Å². The summed E-state index contributed by atoms with van der Waals surface area (Å²) in [4.78, 5) is 23.4. The molecule has 0 rings (SSSR count). The van der Waals surface area contributed by atoms with E-state index in [-0.39, 0.29) is 19.1 Å². The molecule has 3 N–H and O–H groups in total. The maximum absolute atomic E-state index is 13.0. The van der Waals surface area contributed by atoms with Gasteiger partial charge >= 0.3 is 7.82 Å². The molecule has 0 saturated heterocycles. The molecule has 0 radical (unpaired) electrons.